The van der Waals surface area contributed by atoms with Crippen LogP contribution in [0.25, 0.3) is 0 Å². The van der Waals surface area contributed by atoms with Crippen LogP contribution in [0, 0.1) is 11.6 Å². The molecule has 0 unspecified atom stereocenters. The smallest absolute Gasteiger partial charge is 0.277 e. The Balaban J connectivity index is 1.62. The molecule has 0 radical (unpaired) electrons. The fourth-order valence-electron chi connectivity index (χ4n) is 3.81. The Bertz CT molecular complexity index is 1100. The summed E-state index contributed by atoms with van der Waals surface area (Å²) in [6.45, 7) is -0.149. The molecule has 1 amide bonds. The van der Waals surface area contributed by atoms with Gasteiger partial charge in [0.1, 0.15) is 11.6 Å². The summed E-state index contributed by atoms with van der Waals surface area (Å²) in [5.74, 6) is -3.72. The summed E-state index contributed by atoms with van der Waals surface area (Å²) in [7, 11) is 0. The molecular formula is C20H18F2N2O6. The largest absolute Gasteiger partial charge is 0.503 e. The predicted molar refractivity (Wildman–Crippen MR) is 98.2 cm³/mol. The van der Waals surface area contributed by atoms with Crippen LogP contribution in [0.15, 0.2) is 29.2 Å². The Morgan fingerprint density at radius 2 is 2.03 bits per heavy atom. The Morgan fingerprint density at radius 1 is 1.27 bits per heavy atom. The average molecular weight is 420 g/mol. The summed E-state index contributed by atoms with van der Waals surface area (Å²) in [6, 6.07) is 2.41. The van der Waals surface area contributed by atoms with Crippen LogP contribution < -0.4 is 5.43 Å². The highest BCUT2D eigenvalue weighted by molar-refractivity contribution is 6.00. The third-order valence-corrected chi connectivity index (χ3v) is 5.38. The third kappa shape index (κ3) is 3.27. The number of rotatable bonds is 5. The van der Waals surface area contributed by atoms with Crippen molar-refractivity contribution in [1.82, 2.24) is 9.47 Å². The van der Waals surface area contributed by atoms with Crippen LogP contribution in [-0.4, -0.2) is 56.9 Å². The monoisotopic (exact) mass is 420 g/mol. The van der Waals surface area contributed by atoms with Crippen LogP contribution in [0.4, 0.5) is 8.78 Å². The van der Waals surface area contributed by atoms with Crippen molar-refractivity contribution in [3.8, 4) is 5.75 Å². The fraction of sp³-hybridized carbons (Fsp3) is 0.350. The number of carbonyl (C=O) groups is 2. The number of Topliss-reactive ketones (excluding diaryl/α,β-unsaturated/α-hetero) is 1. The van der Waals surface area contributed by atoms with Gasteiger partial charge in [-0.2, -0.15) is 0 Å². The number of aromatic nitrogens is 1. The van der Waals surface area contributed by atoms with Crippen molar-refractivity contribution in [2.24, 2.45) is 0 Å². The minimum Gasteiger partial charge on any atom is -0.503 e. The first-order valence-corrected chi connectivity index (χ1v) is 9.30. The maximum Gasteiger partial charge on any atom is 0.277 e. The first kappa shape index (κ1) is 20.2. The SMILES string of the molecule is O=C(CCc1ccc(F)cc1F)c1cn2c(c(O)c1=O)C(=O)N1[C@@H](CO)CO[C@H]1C2. The van der Waals surface area contributed by atoms with E-state index in [1.165, 1.54) is 21.7 Å². The van der Waals surface area contributed by atoms with Gasteiger partial charge in [-0.25, -0.2) is 8.78 Å². The van der Waals surface area contributed by atoms with E-state index in [2.05, 4.69) is 0 Å². The highest BCUT2D eigenvalue weighted by Gasteiger charge is 2.44. The highest BCUT2D eigenvalue weighted by atomic mass is 19.1. The maximum absolute atomic E-state index is 13.8. The zero-order valence-corrected chi connectivity index (χ0v) is 15.7. The van der Waals surface area contributed by atoms with Gasteiger partial charge < -0.3 is 24.4 Å². The number of hydrogen-bond acceptors (Lipinski definition) is 6. The molecule has 1 aromatic heterocycles. The van der Waals surface area contributed by atoms with Crippen LogP contribution in [-0.2, 0) is 17.7 Å². The fourth-order valence-corrected chi connectivity index (χ4v) is 3.81. The van der Waals surface area contributed by atoms with Gasteiger partial charge in [-0.05, 0) is 18.1 Å². The van der Waals surface area contributed by atoms with Crippen molar-refractivity contribution in [1.29, 1.82) is 0 Å². The summed E-state index contributed by atoms with van der Waals surface area (Å²) in [4.78, 5) is 39.1. The Hall–Kier alpha value is -3.11. The standard InChI is InChI=1S/C20H18F2N2O6/c21-11-3-1-10(14(22)5-11)2-4-15(26)13-6-23-7-16-24(12(8-25)9-30-16)20(29)17(23)19(28)18(13)27/h1,3,5-6,12,16,25,28H,2,4,7-9H2/t12-,16-/m0/s1. The molecule has 0 spiro atoms. The number of nitrogens with zero attached hydrogens (tertiary/aromatic N) is 2. The minimum absolute atomic E-state index is 0.0659. The van der Waals surface area contributed by atoms with Gasteiger partial charge in [0.05, 0.1) is 31.4 Å². The van der Waals surface area contributed by atoms with Crippen LogP contribution in [0.5, 0.6) is 5.75 Å². The second kappa shape index (κ2) is 7.62. The molecule has 2 aliphatic heterocycles. The number of aromatic hydroxyl groups is 1. The number of aryl methyl sites for hydroxylation is 1. The number of halogens is 2. The molecule has 2 N–H and O–H groups in total. The van der Waals surface area contributed by atoms with Crippen molar-refractivity contribution in [3.63, 3.8) is 0 Å². The van der Waals surface area contributed by atoms with E-state index < -0.39 is 46.8 Å². The zero-order chi connectivity index (χ0) is 21.6. The molecule has 3 heterocycles. The number of benzene rings is 1. The lowest BCUT2D eigenvalue weighted by Crippen LogP contribution is -2.50. The van der Waals surface area contributed by atoms with Crippen molar-refractivity contribution in [2.75, 3.05) is 13.2 Å². The number of amides is 1. The molecule has 158 valence electrons. The Kier molecular flexibility index (Phi) is 5.12. The maximum atomic E-state index is 13.8. The van der Waals surface area contributed by atoms with Gasteiger partial charge in [-0.15, -0.1) is 0 Å². The van der Waals surface area contributed by atoms with Crippen LogP contribution in [0.2, 0.25) is 0 Å². The lowest BCUT2D eigenvalue weighted by molar-refractivity contribution is 0.00379. The molecule has 0 aliphatic carbocycles. The number of ketones is 1. The van der Waals surface area contributed by atoms with Gasteiger partial charge in [0.15, 0.2) is 23.5 Å². The number of fused-ring (bicyclic) bond motifs is 2. The molecule has 0 saturated carbocycles. The number of aliphatic hydroxyl groups is 1. The highest BCUT2D eigenvalue weighted by Crippen LogP contribution is 2.29. The molecular weight excluding hydrogens is 402 g/mol. The van der Waals surface area contributed by atoms with E-state index >= 15 is 0 Å². The van der Waals surface area contributed by atoms with E-state index in [1.54, 1.807) is 0 Å². The van der Waals surface area contributed by atoms with Crippen LogP contribution in [0.3, 0.4) is 0 Å². The quantitative estimate of drug-likeness (QED) is 0.694. The average Bonchev–Trinajstić information content (AvgIpc) is 3.13. The summed E-state index contributed by atoms with van der Waals surface area (Å²) in [5, 5.41) is 19.7. The Labute approximate surface area is 168 Å². The molecule has 1 saturated heterocycles. The Morgan fingerprint density at radius 3 is 2.73 bits per heavy atom. The number of pyridine rings is 1. The molecule has 4 rings (SSSR count). The second-order valence-corrected chi connectivity index (χ2v) is 7.22. The van der Waals surface area contributed by atoms with E-state index in [4.69, 9.17) is 4.74 Å². The zero-order valence-electron chi connectivity index (χ0n) is 15.7. The van der Waals surface area contributed by atoms with Gasteiger partial charge in [0, 0.05) is 18.7 Å². The molecule has 2 aromatic rings. The third-order valence-electron chi connectivity index (χ3n) is 5.38. The molecule has 2 aliphatic rings. The van der Waals surface area contributed by atoms with E-state index in [-0.39, 0.29) is 49.4 Å². The van der Waals surface area contributed by atoms with Gasteiger partial charge in [-0.3, -0.25) is 14.4 Å². The summed E-state index contributed by atoms with van der Waals surface area (Å²) >= 11 is 0. The predicted octanol–water partition coefficient (Wildman–Crippen LogP) is 0.821. The molecule has 30 heavy (non-hydrogen) atoms. The van der Waals surface area contributed by atoms with Crippen molar-refractivity contribution in [2.45, 2.75) is 31.7 Å². The molecule has 8 nitrogen and oxygen atoms in total. The van der Waals surface area contributed by atoms with E-state index in [0.717, 1.165) is 6.07 Å². The van der Waals surface area contributed by atoms with Crippen molar-refractivity contribution >= 4 is 11.7 Å². The van der Waals surface area contributed by atoms with Crippen LogP contribution >= 0.6 is 0 Å². The van der Waals surface area contributed by atoms with Crippen LogP contribution in [0.1, 0.15) is 32.8 Å². The normalized spacial score (nSPS) is 20.2. The number of ether oxygens (including phenoxy) is 1. The number of aliphatic hydroxyl groups excluding tert-OH is 1. The minimum atomic E-state index is -1.00. The van der Waals surface area contributed by atoms with Gasteiger partial charge in [0.2, 0.25) is 5.43 Å². The van der Waals surface area contributed by atoms with Gasteiger partial charge in [-0.1, -0.05) is 6.07 Å². The summed E-state index contributed by atoms with van der Waals surface area (Å²) < 4.78 is 33.6. The molecule has 0 bridgehead atoms. The van der Waals surface area contributed by atoms with Gasteiger partial charge in [0.25, 0.3) is 5.91 Å². The lowest BCUT2D eigenvalue weighted by Gasteiger charge is -2.34. The molecule has 10 heteroatoms. The second-order valence-electron chi connectivity index (χ2n) is 7.22. The van der Waals surface area contributed by atoms with E-state index in [9.17, 15) is 33.4 Å². The molecule has 1 fully saturated rings. The topological polar surface area (TPSA) is 109 Å². The first-order valence-electron chi connectivity index (χ1n) is 9.30. The molecule has 2 atom stereocenters. The van der Waals surface area contributed by atoms with Gasteiger partial charge >= 0.3 is 0 Å². The molecule has 1 aromatic carbocycles. The lowest BCUT2D eigenvalue weighted by atomic mass is 10.0. The summed E-state index contributed by atoms with van der Waals surface area (Å²) in [5.41, 5.74) is -1.50. The van der Waals surface area contributed by atoms with E-state index in [0.29, 0.717) is 6.07 Å². The summed E-state index contributed by atoms with van der Waals surface area (Å²) in [6.07, 6.45) is 0.179. The van der Waals surface area contributed by atoms with Crippen molar-refractivity contribution in [3.05, 3.63) is 63.1 Å². The van der Waals surface area contributed by atoms with E-state index in [1.807, 2.05) is 0 Å². The number of hydrogen-bond donors (Lipinski definition) is 2. The number of carbonyl (C=O) groups excluding carboxylic acids is 2. The first-order chi connectivity index (χ1) is 14.3. The van der Waals surface area contributed by atoms with Crippen molar-refractivity contribution < 1.29 is 33.3 Å².